The van der Waals surface area contributed by atoms with Crippen LogP contribution in [0.15, 0.2) is 48.5 Å². The number of hydrogen-bond donors (Lipinski definition) is 3. The van der Waals surface area contributed by atoms with Gasteiger partial charge in [-0.15, -0.1) is 0 Å². The van der Waals surface area contributed by atoms with Crippen molar-refractivity contribution >= 4 is 35.4 Å². The van der Waals surface area contributed by atoms with Crippen LogP contribution in [-0.4, -0.2) is 57.4 Å². The molecule has 0 bridgehead atoms. The number of alkyl halides is 3. The first-order chi connectivity index (χ1) is 19.4. The van der Waals surface area contributed by atoms with Crippen LogP contribution in [0, 0.1) is 17.6 Å². The van der Waals surface area contributed by atoms with Gasteiger partial charge in [-0.05, 0) is 25.0 Å². The summed E-state index contributed by atoms with van der Waals surface area (Å²) in [5.74, 6) is -5.47. The fraction of sp³-hybridized carbons (Fsp3) is 0.269. The van der Waals surface area contributed by atoms with E-state index in [9.17, 15) is 36.6 Å². The van der Waals surface area contributed by atoms with Crippen LogP contribution < -0.4 is 15.1 Å². The molecule has 0 aliphatic carbocycles. The third-order valence-corrected chi connectivity index (χ3v) is 6.38. The van der Waals surface area contributed by atoms with E-state index in [0.717, 1.165) is 22.6 Å². The minimum absolute atomic E-state index is 0.0896. The molecule has 2 aromatic carbocycles. The van der Waals surface area contributed by atoms with Crippen molar-refractivity contribution in [2.75, 3.05) is 22.9 Å². The van der Waals surface area contributed by atoms with Crippen LogP contribution in [0.1, 0.15) is 18.4 Å². The normalized spacial score (nSPS) is 15.4. The van der Waals surface area contributed by atoms with Crippen molar-refractivity contribution in [2.24, 2.45) is 5.92 Å². The standard InChI is InChI=1S/C24H21F2N5O3.C2HF3O2/c25-17-7-4-8-18(26)20(17)31-21-16(13-27-24(31)34)19(14-5-2-1-3-6-14)28-23(29-21)30-11-9-15(10-12-30)22(32)33;3-2(4,5)1(6)7/h1-8,15H,9-13H2,(H,27,34)(H,32,33);(H,6,7). The Bertz CT molecular complexity index is 1440. The Kier molecular flexibility index (Phi) is 8.35. The Morgan fingerprint density at radius 3 is 2.05 bits per heavy atom. The number of amides is 2. The summed E-state index contributed by atoms with van der Waals surface area (Å²) in [5.41, 5.74) is 1.29. The molecule has 41 heavy (non-hydrogen) atoms. The summed E-state index contributed by atoms with van der Waals surface area (Å²) in [6.07, 6.45) is -4.24. The molecular formula is C26H22F5N5O5. The number of nitrogens with zero attached hydrogens (tertiary/aromatic N) is 4. The molecule has 3 heterocycles. The quantitative estimate of drug-likeness (QED) is 0.378. The van der Waals surface area contributed by atoms with E-state index < -0.39 is 47.4 Å². The lowest BCUT2D eigenvalue weighted by Gasteiger charge is -2.34. The van der Waals surface area contributed by atoms with E-state index in [1.807, 2.05) is 35.2 Å². The predicted molar refractivity (Wildman–Crippen MR) is 134 cm³/mol. The fourth-order valence-corrected chi connectivity index (χ4v) is 4.36. The second kappa shape index (κ2) is 11.7. The number of rotatable bonds is 4. The lowest BCUT2D eigenvalue weighted by atomic mass is 9.97. The Hall–Kier alpha value is -4.82. The molecule has 0 radical (unpaired) electrons. The number of hydrogen-bond acceptors (Lipinski definition) is 6. The van der Waals surface area contributed by atoms with Crippen molar-refractivity contribution in [2.45, 2.75) is 25.6 Å². The monoisotopic (exact) mass is 579 g/mol. The number of piperidine rings is 1. The molecule has 216 valence electrons. The SMILES string of the molecule is O=C(O)C(F)(F)F.O=C(O)C1CCN(c2nc(-c3ccccc3)c3c(n2)N(c2c(F)cccc2F)C(=O)NC3)CC1. The Morgan fingerprint density at radius 2 is 1.51 bits per heavy atom. The van der Waals surface area contributed by atoms with E-state index in [1.165, 1.54) is 6.07 Å². The molecule has 0 unspecified atom stereocenters. The largest absolute Gasteiger partial charge is 0.490 e. The van der Waals surface area contributed by atoms with Gasteiger partial charge in [0, 0.05) is 24.2 Å². The number of urea groups is 1. The highest BCUT2D eigenvalue weighted by molar-refractivity contribution is 6.02. The van der Waals surface area contributed by atoms with Gasteiger partial charge >= 0.3 is 24.1 Å². The minimum atomic E-state index is -5.08. The molecule has 5 rings (SSSR count). The molecule has 0 atom stereocenters. The number of nitrogens with one attached hydrogen (secondary N) is 1. The van der Waals surface area contributed by atoms with Crippen molar-refractivity contribution in [3.63, 3.8) is 0 Å². The van der Waals surface area contributed by atoms with Gasteiger partial charge in [0.05, 0.1) is 18.2 Å². The van der Waals surface area contributed by atoms with Crippen LogP contribution in [0.25, 0.3) is 11.3 Å². The van der Waals surface area contributed by atoms with E-state index in [0.29, 0.717) is 37.2 Å². The van der Waals surface area contributed by atoms with Gasteiger partial charge in [0.25, 0.3) is 0 Å². The summed E-state index contributed by atoms with van der Waals surface area (Å²) in [6, 6.07) is 11.9. The number of aromatic nitrogens is 2. The molecule has 0 spiro atoms. The van der Waals surface area contributed by atoms with Gasteiger partial charge in [-0.1, -0.05) is 36.4 Å². The van der Waals surface area contributed by atoms with Crippen LogP contribution in [0.2, 0.25) is 0 Å². The van der Waals surface area contributed by atoms with Gasteiger partial charge in [-0.25, -0.2) is 28.3 Å². The summed E-state index contributed by atoms with van der Waals surface area (Å²) in [6.45, 7) is 0.904. The van der Waals surface area contributed by atoms with E-state index in [4.69, 9.17) is 14.9 Å². The molecular weight excluding hydrogens is 557 g/mol. The third kappa shape index (κ3) is 6.34. The molecule has 2 amide bonds. The number of fused-ring (bicyclic) bond motifs is 1. The lowest BCUT2D eigenvalue weighted by Crippen LogP contribution is -2.44. The number of benzene rings is 2. The molecule has 2 aliphatic heterocycles. The maximum atomic E-state index is 14.7. The van der Waals surface area contributed by atoms with Crippen molar-refractivity contribution in [1.82, 2.24) is 15.3 Å². The second-order valence-electron chi connectivity index (χ2n) is 9.01. The molecule has 1 saturated heterocycles. The first-order valence-electron chi connectivity index (χ1n) is 12.1. The maximum Gasteiger partial charge on any atom is 0.490 e. The van der Waals surface area contributed by atoms with Crippen LogP contribution in [0.5, 0.6) is 0 Å². The smallest absolute Gasteiger partial charge is 0.481 e. The first-order valence-corrected chi connectivity index (χ1v) is 12.1. The first kappa shape index (κ1) is 29.2. The minimum Gasteiger partial charge on any atom is -0.481 e. The van der Waals surface area contributed by atoms with Gasteiger partial charge in [-0.3, -0.25) is 4.79 Å². The summed E-state index contributed by atoms with van der Waals surface area (Å²) < 4.78 is 61.2. The molecule has 0 saturated carbocycles. The molecule has 3 N–H and O–H groups in total. The Labute approximate surface area is 229 Å². The lowest BCUT2D eigenvalue weighted by molar-refractivity contribution is -0.192. The summed E-state index contributed by atoms with van der Waals surface area (Å²) in [5, 5.41) is 19.1. The molecule has 1 aromatic heterocycles. The highest BCUT2D eigenvalue weighted by atomic mass is 19.4. The van der Waals surface area contributed by atoms with Crippen molar-refractivity contribution in [3.05, 3.63) is 65.7 Å². The summed E-state index contributed by atoms with van der Waals surface area (Å²) in [4.78, 5) is 45.2. The highest BCUT2D eigenvalue weighted by Gasteiger charge is 2.38. The maximum absolute atomic E-state index is 14.7. The van der Waals surface area contributed by atoms with Crippen LogP contribution in [0.3, 0.4) is 0 Å². The van der Waals surface area contributed by atoms with E-state index in [2.05, 4.69) is 10.3 Å². The van der Waals surface area contributed by atoms with E-state index >= 15 is 0 Å². The van der Waals surface area contributed by atoms with Gasteiger partial charge in [0.15, 0.2) is 5.82 Å². The number of halogens is 5. The van der Waals surface area contributed by atoms with E-state index in [-0.39, 0.29) is 18.3 Å². The van der Waals surface area contributed by atoms with Crippen LogP contribution >= 0.6 is 0 Å². The highest BCUT2D eigenvalue weighted by Crippen LogP contribution is 2.39. The average molecular weight is 579 g/mol. The zero-order valence-corrected chi connectivity index (χ0v) is 21.0. The predicted octanol–water partition coefficient (Wildman–Crippen LogP) is 4.72. The number of carboxylic acids is 2. The number of carboxylic acid groups (broad SMARTS) is 2. The summed E-state index contributed by atoms with van der Waals surface area (Å²) >= 11 is 0. The van der Waals surface area contributed by atoms with Gasteiger partial charge < -0.3 is 20.4 Å². The number of carbonyl (C=O) groups is 3. The topological polar surface area (TPSA) is 136 Å². The molecule has 15 heteroatoms. The molecule has 10 nitrogen and oxygen atoms in total. The fourth-order valence-electron chi connectivity index (χ4n) is 4.36. The zero-order valence-electron chi connectivity index (χ0n) is 21.0. The van der Waals surface area contributed by atoms with Crippen LogP contribution in [0.4, 0.5) is 44.2 Å². The Morgan fingerprint density at radius 1 is 0.927 bits per heavy atom. The molecule has 2 aliphatic rings. The van der Waals surface area contributed by atoms with Gasteiger partial charge in [0.1, 0.15) is 17.3 Å². The van der Waals surface area contributed by atoms with Crippen molar-refractivity contribution < 1.29 is 46.5 Å². The van der Waals surface area contributed by atoms with Gasteiger partial charge in [0.2, 0.25) is 5.95 Å². The molecule has 1 fully saturated rings. The van der Waals surface area contributed by atoms with Crippen molar-refractivity contribution in [3.8, 4) is 11.3 Å². The summed E-state index contributed by atoms with van der Waals surface area (Å²) in [7, 11) is 0. The number of anilines is 3. The van der Waals surface area contributed by atoms with Crippen LogP contribution in [-0.2, 0) is 16.1 Å². The average Bonchev–Trinajstić information content (AvgIpc) is 2.93. The Balaban J connectivity index is 0.000000493. The number of carbonyl (C=O) groups excluding carboxylic acids is 1. The number of para-hydroxylation sites is 1. The zero-order chi connectivity index (χ0) is 29.9. The third-order valence-electron chi connectivity index (χ3n) is 6.38. The van der Waals surface area contributed by atoms with Gasteiger partial charge in [-0.2, -0.15) is 18.2 Å². The molecule has 3 aromatic rings. The van der Waals surface area contributed by atoms with Crippen molar-refractivity contribution in [1.29, 1.82) is 0 Å². The second-order valence-corrected chi connectivity index (χ2v) is 9.01. The van der Waals surface area contributed by atoms with E-state index in [1.54, 1.807) is 0 Å². The number of aliphatic carboxylic acids is 2.